The SMILES string of the molecule is CSCC(C)(C)c1cc(N)n(-c2ccc(O)c(Cl)c2)n1. The number of hydrogen-bond acceptors (Lipinski definition) is 4. The number of rotatable bonds is 4. The third-order valence-corrected chi connectivity index (χ3v) is 4.42. The van der Waals surface area contributed by atoms with Gasteiger partial charge in [-0.2, -0.15) is 16.9 Å². The molecule has 0 aliphatic heterocycles. The average molecular weight is 312 g/mol. The number of phenolic OH excluding ortho intramolecular Hbond substituents is 1. The van der Waals surface area contributed by atoms with Gasteiger partial charge in [0.2, 0.25) is 0 Å². The van der Waals surface area contributed by atoms with E-state index in [0.717, 1.165) is 17.1 Å². The molecule has 20 heavy (non-hydrogen) atoms. The third-order valence-electron chi connectivity index (χ3n) is 3.11. The van der Waals surface area contributed by atoms with Gasteiger partial charge in [0, 0.05) is 17.2 Å². The third kappa shape index (κ3) is 2.88. The Kier molecular flexibility index (Phi) is 4.20. The lowest BCUT2D eigenvalue weighted by molar-refractivity contribution is 0.475. The number of nitrogen functional groups attached to an aromatic ring is 1. The summed E-state index contributed by atoms with van der Waals surface area (Å²) in [7, 11) is 0. The first-order chi connectivity index (χ1) is 9.35. The van der Waals surface area contributed by atoms with E-state index < -0.39 is 0 Å². The van der Waals surface area contributed by atoms with E-state index in [-0.39, 0.29) is 16.2 Å². The van der Waals surface area contributed by atoms with Gasteiger partial charge in [-0.1, -0.05) is 25.4 Å². The molecule has 0 aliphatic carbocycles. The van der Waals surface area contributed by atoms with E-state index in [0.29, 0.717) is 5.82 Å². The maximum Gasteiger partial charge on any atom is 0.134 e. The van der Waals surface area contributed by atoms with Gasteiger partial charge in [0.25, 0.3) is 0 Å². The molecular formula is C14H18ClN3OS. The lowest BCUT2D eigenvalue weighted by Crippen LogP contribution is -2.21. The second-order valence-electron chi connectivity index (χ2n) is 5.32. The van der Waals surface area contributed by atoms with Crippen molar-refractivity contribution < 1.29 is 5.11 Å². The van der Waals surface area contributed by atoms with Crippen LogP contribution < -0.4 is 5.73 Å². The Morgan fingerprint density at radius 3 is 2.70 bits per heavy atom. The van der Waals surface area contributed by atoms with Gasteiger partial charge in [0.05, 0.1) is 16.4 Å². The predicted molar refractivity (Wildman–Crippen MR) is 86.1 cm³/mol. The number of nitrogens with two attached hydrogens (primary N) is 1. The van der Waals surface area contributed by atoms with Crippen LogP contribution >= 0.6 is 23.4 Å². The predicted octanol–water partition coefficient (Wildman–Crippen LogP) is 3.45. The number of anilines is 1. The standard InChI is InChI=1S/C14H18ClN3OS/c1-14(2,8-20-3)12-7-13(16)18(17-12)9-4-5-11(19)10(15)6-9/h4-7,19H,8,16H2,1-3H3. The maximum absolute atomic E-state index is 9.47. The lowest BCUT2D eigenvalue weighted by Gasteiger charge is -2.20. The van der Waals surface area contributed by atoms with E-state index in [1.54, 1.807) is 28.6 Å². The Bertz CT molecular complexity index is 625. The summed E-state index contributed by atoms with van der Waals surface area (Å²) < 4.78 is 1.64. The van der Waals surface area contributed by atoms with Crippen LogP contribution in [0.1, 0.15) is 19.5 Å². The summed E-state index contributed by atoms with van der Waals surface area (Å²) in [5, 5.41) is 14.3. The molecule has 3 N–H and O–H groups in total. The van der Waals surface area contributed by atoms with Gasteiger partial charge in [-0.15, -0.1) is 0 Å². The Morgan fingerprint density at radius 2 is 2.10 bits per heavy atom. The molecule has 0 saturated carbocycles. The summed E-state index contributed by atoms with van der Waals surface area (Å²) in [5.74, 6) is 1.56. The summed E-state index contributed by atoms with van der Waals surface area (Å²) in [6.07, 6.45) is 2.07. The number of phenols is 1. The highest BCUT2D eigenvalue weighted by Gasteiger charge is 2.24. The molecule has 1 heterocycles. The van der Waals surface area contributed by atoms with Crippen molar-refractivity contribution in [3.05, 3.63) is 35.0 Å². The first kappa shape index (κ1) is 15.1. The summed E-state index contributed by atoms with van der Waals surface area (Å²) in [6, 6.07) is 6.80. The summed E-state index contributed by atoms with van der Waals surface area (Å²) in [5.41, 5.74) is 7.66. The second kappa shape index (κ2) is 5.58. The molecule has 0 saturated heterocycles. The van der Waals surface area contributed by atoms with Crippen LogP contribution in [-0.2, 0) is 5.41 Å². The summed E-state index contributed by atoms with van der Waals surface area (Å²) >= 11 is 7.70. The average Bonchev–Trinajstić information content (AvgIpc) is 2.76. The topological polar surface area (TPSA) is 64.1 Å². The molecule has 0 fully saturated rings. The normalized spacial score (nSPS) is 11.8. The zero-order chi connectivity index (χ0) is 14.9. The lowest BCUT2D eigenvalue weighted by atomic mass is 9.92. The summed E-state index contributed by atoms with van der Waals surface area (Å²) in [4.78, 5) is 0. The number of nitrogens with zero attached hydrogens (tertiary/aromatic N) is 2. The zero-order valence-corrected chi connectivity index (χ0v) is 13.3. The fourth-order valence-corrected chi connectivity index (χ4v) is 3.04. The number of thioether (sulfide) groups is 1. The molecule has 2 aromatic rings. The minimum Gasteiger partial charge on any atom is -0.506 e. The number of hydrogen-bond donors (Lipinski definition) is 2. The maximum atomic E-state index is 9.47. The minimum absolute atomic E-state index is 0.0454. The monoisotopic (exact) mass is 311 g/mol. The van der Waals surface area contributed by atoms with Gasteiger partial charge in [0.1, 0.15) is 11.6 Å². The highest BCUT2D eigenvalue weighted by atomic mass is 35.5. The first-order valence-electron chi connectivity index (χ1n) is 6.19. The van der Waals surface area contributed by atoms with E-state index in [2.05, 4.69) is 25.2 Å². The Labute approximate surface area is 127 Å². The van der Waals surface area contributed by atoms with Crippen LogP contribution in [0.5, 0.6) is 5.75 Å². The molecule has 0 aliphatic rings. The molecule has 1 aromatic carbocycles. The molecule has 0 bridgehead atoms. The van der Waals surface area contributed by atoms with Crippen molar-refractivity contribution in [2.45, 2.75) is 19.3 Å². The van der Waals surface area contributed by atoms with Gasteiger partial charge < -0.3 is 10.8 Å². The highest BCUT2D eigenvalue weighted by Crippen LogP contribution is 2.30. The fraction of sp³-hybridized carbons (Fsp3) is 0.357. The first-order valence-corrected chi connectivity index (χ1v) is 7.96. The van der Waals surface area contributed by atoms with Crippen LogP contribution in [-0.4, -0.2) is 26.9 Å². The number of halogens is 1. The van der Waals surface area contributed by atoms with Crippen LogP contribution in [0.25, 0.3) is 5.69 Å². The summed E-state index contributed by atoms with van der Waals surface area (Å²) in [6.45, 7) is 4.28. The van der Waals surface area contributed by atoms with E-state index in [9.17, 15) is 5.11 Å². The van der Waals surface area contributed by atoms with Gasteiger partial charge in [0.15, 0.2) is 0 Å². The Morgan fingerprint density at radius 1 is 1.40 bits per heavy atom. The number of aromatic hydroxyl groups is 1. The Hall–Kier alpha value is -1.33. The molecule has 4 nitrogen and oxygen atoms in total. The largest absolute Gasteiger partial charge is 0.506 e. The molecular weight excluding hydrogens is 294 g/mol. The van der Waals surface area contributed by atoms with Crippen molar-refractivity contribution in [1.29, 1.82) is 0 Å². The molecule has 0 atom stereocenters. The van der Waals surface area contributed by atoms with Crippen molar-refractivity contribution in [3.63, 3.8) is 0 Å². The van der Waals surface area contributed by atoms with Crippen LogP contribution in [0.15, 0.2) is 24.3 Å². The molecule has 108 valence electrons. The van der Waals surface area contributed by atoms with Crippen molar-refractivity contribution in [1.82, 2.24) is 9.78 Å². The van der Waals surface area contributed by atoms with Gasteiger partial charge in [-0.25, -0.2) is 4.68 Å². The molecule has 2 rings (SSSR count). The van der Waals surface area contributed by atoms with Crippen LogP contribution in [0.4, 0.5) is 5.82 Å². The number of benzene rings is 1. The van der Waals surface area contributed by atoms with Crippen LogP contribution in [0.3, 0.4) is 0 Å². The Balaban J connectivity index is 2.43. The minimum atomic E-state index is -0.0561. The zero-order valence-electron chi connectivity index (χ0n) is 11.7. The van der Waals surface area contributed by atoms with Crippen molar-refractivity contribution in [3.8, 4) is 11.4 Å². The highest BCUT2D eigenvalue weighted by molar-refractivity contribution is 7.98. The van der Waals surface area contributed by atoms with Crippen molar-refractivity contribution in [2.24, 2.45) is 0 Å². The molecule has 1 aromatic heterocycles. The number of aromatic nitrogens is 2. The van der Waals surface area contributed by atoms with Crippen LogP contribution in [0, 0.1) is 0 Å². The van der Waals surface area contributed by atoms with Gasteiger partial charge in [-0.3, -0.25) is 0 Å². The quantitative estimate of drug-likeness (QED) is 0.907. The van der Waals surface area contributed by atoms with E-state index in [1.807, 2.05) is 6.07 Å². The fourth-order valence-electron chi connectivity index (χ4n) is 2.00. The van der Waals surface area contributed by atoms with E-state index in [4.69, 9.17) is 17.3 Å². The second-order valence-corrected chi connectivity index (χ2v) is 6.59. The van der Waals surface area contributed by atoms with Gasteiger partial charge >= 0.3 is 0 Å². The molecule has 0 amide bonds. The van der Waals surface area contributed by atoms with Crippen LogP contribution in [0.2, 0.25) is 5.02 Å². The smallest absolute Gasteiger partial charge is 0.134 e. The van der Waals surface area contributed by atoms with E-state index in [1.165, 1.54) is 6.07 Å². The molecule has 6 heteroatoms. The molecule has 0 radical (unpaired) electrons. The van der Waals surface area contributed by atoms with E-state index >= 15 is 0 Å². The molecule has 0 unspecified atom stereocenters. The van der Waals surface area contributed by atoms with Crippen molar-refractivity contribution >= 4 is 29.2 Å². The molecule has 0 spiro atoms. The van der Waals surface area contributed by atoms with Gasteiger partial charge in [-0.05, 0) is 24.5 Å². The van der Waals surface area contributed by atoms with Crippen molar-refractivity contribution in [2.75, 3.05) is 17.7 Å².